The second-order valence-corrected chi connectivity index (χ2v) is 6.47. The second kappa shape index (κ2) is 6.91. The van der Waals surface area contributed by atoms with Crippen LogP contribution in [0.15, 0.2) is 0 Å². The quantitative estimate of drug-likeness (QED) is 0.774. The maximum atomic E-state index is 3.77. The van der Waals surface area contributed by atoms with Gasteiger partial charge in [0.15, 0.2) is 0 Å². The molecule has 1 aliphatic heterocycles. The fourth-order valence-corrected chi connectivity index (χ4v) is 4.02. The van der Waals surface area contributed by atoms with Gasteiger partial charge in [0, 0.05) is 18.1 Å². The number of likely N-dealkylation sites (tertiary alicyclic amines) is 1. The summed E-state index contributed by atoms with van der Waals surface area (Å²) in [5.74, 6) is 0.879. The first kappa shape index (κ1) is 14.3. The maximum Gasteiger partial charge on any atom is 0.0252 e. The van der Waals surface area contributed by atoms with Crippen molar-refractivity contribution in [1.82, 2.24) is 10.2 Å². The van der Waals surface area contributed by atoms with Crippen molar-refractivity contribution < 1.29 is 0 Å². The van der Waals surface area contributed by atoms with Gasteiger partial charge in [-0.15, -0.1) is 0 Å². The molecule has 4 atom stereocenters. The number of hydrogen-bond acceptors (Lipinski definition) is 2. The van der Waals surface area contributed by atoms with Crippen molar-refractivity contribution in [3.8, 4) is 0 Å². The molecule has 0 aromatic rings. The van der Waals surface area contributed by atoms with E-state index in [0.717, 1.165) is 30.6 Å². The molecule has 106 valence electrons. The average Bonchev–Trinajstić information content (AvgIpc) is 2.59. The molecule has 0 aromatic heterocycles. The van der Waals surface area contributed by atoms with Crippen LogP contribution in [0.25, 0.3) is 0 Å². The van der Waals surface area contributed by atoms with Crippen LogP contribution in [0.2, 0.25) is 0 Å². The van der Waals surface area contributed by atoms with Gasteiger partial charge in [0.05, 0.1) is 0 Å². The zero-order valence-electron chi connectivity index (χ0n) is 12.6. The molecule has 4 unspecified atom stereocenters. The Hall–Kier alpha value is -0.0800. The zero-order chi connectivity index (χ0) is 13.0. The van der Waals surface area contributed by atoms with E-state index < -0.39 is 0 Å². The molecule has 1 heterocycles. The number of rotatable bonds is 3. The number of piperidine rings is 1. The largest absolute Gasteiger partial charge is 0.313 e. The lowest BCUT2D eigenvalue weighted by atomic mass is 9.88. The summed E-state index contributed by atoms with van der Waals surface area (Å²) in [6.45, 7) is 9.61. The number of hydrogen-bond donors (Lipinski definition) is 1. The summed E-state index contributed by atoms with van der Waals surface area (Å²) >= 11 is 0. The molecule has 2 nitrogen and oxygen atoms in total. The van der Waals surface area contributed by atoms with Crippen LogP contribution in [-0.4, -0.2) is 36.1 Å². The normalized spacial score (nSPS) is 39.5. The van der Waals surface area contributed by atoms with Crippen LogP contribution in [0.1, 0.15) is 65.7 Å². The van der Waals surface area contributed by atoms with Crippen LogP contribution in [0, 0.1) is 5.92 Å². The number of nitrogens with zero attached hydrogens (tertiary/aromatic N) is 1. The Bertz CT molecular complexity index is 241. The van der Waals surface area contributed by atoms with Gasteiger partial charge in [0.1, 0.15) is 0 Å². The third kappa shape index (κ3) is 3.27. The SMILES string of the molecule is CCNC1CCCCCC1N1CCCC(C)C1C. The van der Waals surface area contributed by atoms with E-state index in [4.69, 9.17) is 0 Å². The monoisotopic (exact) mass is 252 g/mol. The van der Waals surface area contributed by atoms with E-state index in [1.807, 2.05) is 0 Å². The molecule has 0 aromatic carbocycles. The third-order valence-corrected chi connectivity index (χ3v) is 5.29. The van der Waals surface area contributed by atoms with Gasteiger partial charge in [0.25, 0.3) is 0 Å². The van der Waals surface area contributed by atoms with Crippen molar-refractivity contribution in [1.29, 1.82) is 0 Å². The lowest BCUT2D eigenvalue weighted by Crippen LogP contribution is -2.55. The topological polar surface area (TPSA) is 15.3 Å². The van der Waals surface area contributed by atoms with Gasteiger partial charge in [-0.25, -0.2) is 0 Å². The molecule has 0 radical (unpaired) electrons. The van der Waals surface area contributed by atoms with E-state index in [9.17, 15) is 0 Å². The van der Waals surface area contributed by atoms with Gasteiger partial charge in [0.2, 0.25) is 0 Å². The van der Waals surface area contributed by atoms with E-state index in [0.29, 0.717) is 0 Å². The Balaban J connectivity index is 2.05. The van der Waals surface area contributed by atoms with Gasteiger partial charge < -0.3 is 5.32 Å². The van der Waals surface area contributed by atoms with Gasteiger partial charge in [-0.05, 0) is 51.6 Å². The minimum Gasteiger partial charge on any atom is -0.313 e. The van der Waals surface area contributed by atoms with Crippen molar-refractivity contribution >= 4 is 0 Å². The summed E-state index contributed by atoms with van der Waals surface area (Å²) in [6.07, 6.45) is 9.92. The summed E-state index contributed by atoms with van der Waals surface area (Å²) in [7, 11) is 0. The van der Waals surface area contributed by atoms with Crippen LogP contribution in [-0.2, 0) is 0 Å². The van der Waals surface area contributed by atoms with Gasteiger partial charge in [-0.1, -0.05) is 33.1 Å². The summed E-state index contributed by atoms with van der Waals surface area (Å²) in [5, 5.41) is 3.77. The van der Waals surface area contributed by atoms with E-state index in [2.05, 4.69) is 31.0 Å². The zero-order valence-corrected chi connectivity index (χ0v) is 12.6. The van der Waals surface area contributed by atoms with Gasteiger partial charge in [-0.2, -0.15) is 0 Å². The minimum absolute atomic E-state index is 0.741. The Morgan fingerprint density at radius 3 is 2.56 bits per heavy atom. The van der Waals surface area contributed by atoms with E-state index >= 15 is 0 Å². The fraction of sp³-hybridized carbons (Fsp3) is 1.00. The highest BCUT2D eigenvalue weighted by atomic mass is 15.2. The Kier molecular flexibility index (Phi) is 5.50. The predicted molar refractivity (Wildman–Crippen MR) is 78.9 cm³/mol. The van der Waals surface area contributed by atoms with Crippen molar-refractivity contribution in [3.63, 3.8) is 0 Å². The molecule has 1 saturated carbocycles. The molecule has 2 fully saturated rings. The Morgan fingerprint density at radius 2 is 1.78 bits per heavy atom. The van der Waals surface area contributed by atoms with Crippen molar-refractivity contribution in [2.75, 3.05) is 13.1 Å². The molecule has 2 heteroatoms. The molecule has 1 N–H and O–H groups in total. The molecule has 0 spiro atoms. The maximum absolute atomic E-state index is 3.77. The number of likely N-dealkylation sites (N-methyl/N-ethyl adjacent to an activating group) is 1. The van der Waals surface area contributed by atoms with Crippen LogP contribution in [0.4, 0.5) is 0 Å². The summed E-state index contributed by atoms with van der Waals surface area (Å²) in [4.78, 5) is 2.84. The number of nitrogens with one attached hydrogen (secondary N) is 1. The minimum atomic E-state index is 0.741. The molecule has 0 bridgehead atoms. The van der Waals surface area contributed by atoms with Gasteiger partial charge in [-0.3, -0.25) is 4.90 Å². The highest BCUT2D eigenvalue weighted by Gasteiger charge is 2.34. The van der Waals surface area contributed by atoms with Crippen LogP contribution in [0.5, 0.6) is 0 Å². The summed E-state index contributed by atoms with van der Waals surface area (Å²) in [6, 6.07) is 2.32. The predicted octanol–water partition coefficient (Wildman–Crippen LogP) is 3.42. The summed E-state index contributed by atoms with van der Waals surface area (Å²) < 4.78 is 0. The third-order valence-electron chi connectivity index (χ3n) is 5.29. The average molecular weight is 252 g/mol. The fourth-order valence-electron chi connectivity index (χ4n) is 4.02. The highest BCUT2D eigenvalue weighted by Crippen LogP contribution is 2.30. The van der Waals surface area contributed by atoms with Crippen LogP contribution >= 0.6 is 0 Å². The van der Waals surface area contributed by atoms with E-state index in [1.165, 1.54) is 51.5 Å². The van der Waals surface area contributed by atoms with Crippen molar-refractivity contribution in [2.24, 2.45) is 5.92 Å². The smallest absolute Gasteiger partial charge is 0.0252 e. The first-order chi connectivity index (χ1) is 8.74. The van der Waals surface area contributed by atoms with Gasteiger partial charge >= 0.3 is 0 Å². The van der Waals surface area contributed by atoms with Crippen LogP contribution < -0.4 is 5.32 Å². The first-order valence-electron chi connectivity index (χ1n) is 8.23. The summed E-state index contributed by atoms with van der Waals surface area (Å²) in [5.41, 5.74) is 0. The lowest BCUT2D eigenvalue weighted by Gasteiger charge is -2.45. The van der Waals surface area contributed by atoms with E-state index in [1.54, 1.807) is 0 Å². The standard InChI is InChI=1S/C16H32N2/c1-4-17-15-10-6-5-7-11-16(15)18-12-8-9-13(2)14(18)3/h13-17H,4-12H2,1-3H3. The van der Waals surface area contributed by atoms with Crippen LogP contribution in [0.3, 0.4) is 0 Å². The molecule has 18 heavy (non-hydrogen) atoms. The molecular formula is C16H32N2. The molecular weight excluding hydrogens is 220 g/mol. The Morgan fingerprint density at radius 1 is 1.00 bits per heavy atom. The highest BCUT2D eigenvalue weighted by molar-refractivity contribution is 4.91. The lowest BCUT2D eigenvalue weighted by molar-refractivity contribution is 0.0464. The second-order valence-electron chi connectivity index (χ2n) is 6.47. The molecule has 1 aliphatic carbocycles. The first-order valence-corrected chi connectivity index (χ1v) is 8.23. The van der Waals surface area contributed by atoms with Crippen molar-refractivity contribution in [2.45, 2.75) is 83.8 Å². The van der Waals surface area contributed by atoms with Crippen molar-refractivity contribution in [3.05, 3.63) is 0 Å². The van der Waals surface area contributed by atoms with E-state index in [-0.39, 0.29) is 0 Å². The molecule has 2 rings (SSSR count). The molecule has 0 amide bonds. The molecule has 1 saturated heterocycles. The molecule has 2 aliphatic rings. The Labute approximate surface area is 114 Å².